The smallest absolute Gasteiger partial charge is 0.320 e. The zero-order valence-corrected chi connectivity index (χ0v) is 12.5. The molecule has 1 saturated heterocycles. The van der Waals surface area contributed by atoms with Crippen LogP contribution in [0.2, 0.25) is 0 Å². The fourth-order valence-corrected chi connectivity index (χ4v) is 3.01. The first-order valence-corrected chi connectivity index (χ1v) is 7.25. The Labute approximate surface area is 121 Å². The Hall–Kier alpha value is -0.910. The zero-order valence-electron chi connectivity index (χ0n) is 10.9. The molecule has 19 heavy (non-hydrogen) atoms. The highest BCUT2D eigenvalue weighted by Gasteiger charge is 2.30. The third-order valence-electron chi connectivity index (χ3n) is 3.46. The summed E-state index contributed by atoms with van der Waals surface area (Å²) in [7, 11) is 0. The number of carboxylic acids is 1. The molecule has 0 aromatic heterocycles. The van der Waals surface area contributed by atoms with Crippen LogP contribution in [0.4, 0.5) is 0 Å². The quantitative estimate of drug-likeness (QED) is 0.923. The monoisotopic (exact) mass is 327 g/mol. The van der Waals surface area contributed by atoms with Crippen LogP contribution in [0.3, 0.4) is 0 Å². The maximum atomic E-state index is 11.2. The predicted octanol–water partition coefficient (Wildman–Crippen LogP) is 2.69. The van der Waals surface area contributed by atoms with Crippen LogP contribution in [0.1, 0.15) is 25.0 Å². The molecule has 2 rings (SSSR count). The average Bonchev–Trinajstić information content (AvgIpc) is 2.40. The van der Waals surface area contributed by atoms with Gasteiger partial charge in [-0.2, -0.15) is 0 Å². The highest BCUT2D eigenvalue weighted by atomic mass is 79.9. The summed E-state index contributed by atoms with van der Waals surface area (Å²) >= 11 is 3.52. The minimum absolute atomic E-state index is 0.0716. The van der Waals surface area contributed by atoms with Crippen LogP contribution in [0.5, 0.6) is 0 Å². The fourth-order valence-electron chi connectivity index (χ4n) is 2.47. The van der Waals surface area contributed by atoms with Gasteiger partial charge in [0.15, 0.2) is 0 Å². The average molecular weight is 328 g/mol. The van der Waals surface area contributed by atoms with E-state index in [0.29, 0.717) is 26.1 Å². The number of hydrogen-bond acceptors (Lipinski definition) is 3. The SMILES string of the molecule is CC[C@@H](C(=O)O)N1CCO[C@@H](c2ccccc2Br)C1. The van der Waals surface area contributed by atoms with Gasteiger partial charge < -0.3 is 9.84 Å². The second-order valence-corrected chi connectivity index (χ2v) is 5.49. The van der Waals surface area contributed by atoms with Crippen LogP contribution in [-0.4, -0.2) is 41.7 Å². The van der Waals surface area contributed by atoms with E-state index in [0.717, 1.165) is 10.0 Å². The normalized spacial score (nSPS) is 22.1. The number of carbonyl (C=O) groups is 1. The van der Waals surface area contributed by atoms with Crippen molar-refractivity contribution in [2.45, 2.75) is 25.5 Å². The van der Waals surface area contributed by atoms with Gasteiger partial charge in [-0.25, -0.2) is 0 Å². The molecule has 0 bridgehead atoms. The van der Waals surface area contributed by atoms with Crippen molar-refractivity contribution in [3.8, 4) is 0 Å². The number of benzene rings is 1. The number of nitrogens with zero attached hydrogens (tertiary/aromatic N) is 1. The lowest BCUT2D eigenvalue weighted by Gasteiger charge is -2.36. The molecule has 4 nitrogen and oxygen atoms in total. The van der Waals surface area contributed by atoms with E-state index in [4.69, 9.17) is 4.74 Å². The van der Waals surface area contributed by atoms with Gasteiger partial charge in [0.05, 0.1) is 12.7 Å². The molecule has 1 heterocycles. The van der Waals surface area contributed by atoms with E-state index in [1.807, 2.05) is 36.1 Å². The first-order valence-electron chi connectivity index (χ1n) is 6.46. The molecule has 0 amide bonds. The molecule has 0 radical (unpaired) electrons. The lowest BCUT2D eigenvalue weighted by molar-refractivity contribution is -0.147. The van der Waals surface area contributed by atoms with Crippen molar-refractivity contribution in [3.05, 3.63) is 34.3 Å². The lowest BCUT2D eigenvalue weighted by Crippen LogP contribution is -2.48. The van der Waals surface area contributed by atoms with Crippen LogP contribution in [0.25, 0.3) is 0 Å². The Bertz CT molecular complexity index is 452. The first kappa shape index (κ1) is 14.5. The lowest BCUT2D eigenvalue weighted by atomic mass is 10.1. The molecule has 0 unspecified atom stereocenters. The van der Waals surface area contributed by atoms with Crippen LogP contribution in [0.15, 0.2) is 28.7 Å². The molecule has 1 aromatic rings. The van der Waals surface area contributed by atoms with Gasteiger partial charge in [0.1, 0.15) is 6.04 Å². The van der Waals surface area contributed by atoms with E-state index in [1.54, 1.807) is 0 Å². The molecule has 1 aliphatic rings. The summed E-state index contributed by atoms with van der Waals surface area (Å²) in [6, 6.07) is 7.50. The maximum Gasteiger partial charge on any atom is 0.320 e. The van der Waals surface area contributed by atoms with Gasteiger partial charge in [0.25, 0.3) is 0 Å². The number of aliphatic carboxylic acids is 1. The van der Waals surface area contributed by atoms with Gasteiger partial charge in [-0.1, -0.05) is 41.1 Å². The summed E-state index contributed by atoms with van der Waals surface area (Å²) in [6.45, 7) is 3.76. The summed E-state index contributed by atoms with van der Waals surface area (Å²) in [5.41, 5.74) is 1.08. The Morgan fingerprint density at radius 1 is 1.58 bits per heavy atom. The summed E-state index contributed by atoms with van der Waals surface area (Å²) in [4.78, 5) is 13.2. The maximum absolute atomic E-state index is 11.2. The van der Waals surface area contributed by atoms with Crippen LogP contribution < -0.4 is 0 Å². The van der Waals surface area contributed by atoms with Crippen molar-refractivity contribution >= 4 is 21.9 Å². The van der Waals surface area contributed by atoms with E-state index in [-0.39, 0.29) is 6.10 Å². The summed E-state index contributed by atoms with van der Waals surface area (Å²) in [5.74, 6) is -0.754. The van der Waals surface area contributed by atoms with Crippen molar-refractivity contribution in [1.29, 1.82) is 0 Å². The largest absolute Gasteiger partial charge is 0.480 e. The van der Waals surface area contributed by atoms with E-state index < -0.39 is 12.0 Å². The third kappa shape index (κ3) is 3.35. The van der Waals surface area contributed by atoms with E-state index in [1.165, 1.54) is 0 Å². The topological polar surface area (TPSA) is 49.8 Å². The molecule has 1 fully saturated rings. The van der Waals surface area contributed by atoms with Crippen LogP contribution >= 0.6 is 15.9 Å². The molecular formula is C14H18BrNO3. The van der Waals surface area contributed by atoms with Crippen LogP contribution in [-0.2, 0) is 9.53 Å². The van der Waals surface area contributed by atoms with Gasteiger partial charge in [-0.3, -0.25) is 9.69 Å². The number of morpholine rings is 1. The molecule has 1 aliphatic heterocycles. The Morgan fingerprint density at radius 2 is 2.32 bits per heavy atom. The molecule has 0 aliphatic carbocycles. The van der Waals surface area contributed by atoms with Crippen molar-refractivity contribution in [3.63, 3.8) is 0 Å². The Balaban J connectivity index is 2.13. The highest BCUT2D eigenvalue weighted by molar-refractivity contribution is 9.10. The van der Waals surface area contributed by atoms with Crippen molar-refractivity contribution in [2.24, 2.45) is 0 Å². The van der Waals surface area contributed by atoms with Gasteiger partial charge in [0.2, 0.25) is 0 Å². The molecule has 0 spiro atoms. The fraction of sp³-hybridized carbons (Fsp3) is 0.500. The predicted molar refractivity (Wildman–Crippen MR) is 76.1 cm³/mol. The number of carboxylic acid groups (broad SMARTS) is 1. The van der Waals surface area contributed by atoms with Crippen LogP contribution in [0, 0.1) is 0 Å². The molecule has 2 atom stereocenters. The minimum Gasteiger partial charge on any atom is -0.480 e. The molecule has 1 aromatic carbocycles. The standard InChI is InChI=1S/C14H18BrNO3/c1-2-12(14(17)18)16-7-8-19-13(9-16)10-5-3-4-6-11(10)15/h3-6,12-13H,2,7-9H2,1H3,(H,17,18)/t12-,13+/m0/s1. The molecular weight excluding hydrogens is 310 g/mol. The molecule has 5 heteroatoms. The molecule has 104 valence electrons. The zero-order chi connectivity index (χ0) is 13.8. The van der Waals surface area contributed by atoms with Gasteiger partial charge in [0, 0.05) is 17.6 Å². The number of halogens is 1. The number of rotatable bonds is 4. The van der Waals surface area contributed by atoms with Gasteiger partial charge in [-0.05, 0) is 18.1 Å². The Morgan fingerprint density at radius 3 is 2.95 bits per heavy atom. The summed E-state index contributed by atoms with van der Waals surface area (Å²) in [6.07, 6.45) is 0.538. The number of ether oxygens (including phenoxy) is 1. The van der Waals surface area contributed by atoms with E-state index in [9.17, 15) is 9.90 Å². The molecule has 0 saturated carbocycles. The summed E-state index contributed by atoms with van der Waals surface area (Å²) in [5, 5.41) is 9.25. The third-order valence-corrected chi connectivity index (χ3v) is 4.18. The summed E-state index contributed by atoms with van der Waals surface area (Å²) < 4.78 is 6.79. The van der Waals surface area contributed by atoms with Crippen molar-refractivity contribution < 1.29 is 14.6 Å². The molecule has 1 N–H and O–H groups in total. The van der Waals surface area contributed by atoms with Gasteiger partial charge >= 0.3 is 5.97 Å². The van der Waals surface area contributed by atoms with E-state index in [2.05, 4.69) is 15.9 Å². The minimum atomic E-state index is -0.754. The van der Waals surface area contributed by atoms with Crippen molar-refractivity contribution in [2.75, 3.05) is 19.7 Å². The number of hydrogen-bond donors (Lipinski definition) is 1. The van der Waals surface area contributed by atoms with Gasteiger partial charge in [-0.15, -0.1) is 0 Å². The first-order chi connectivity index (χ1) is 9.13. The second kappa shape index (κ2) is 6.50. The highest BCUT2D eigenvalue weighted by Crippen LogP contribution is 2.29. The van der Waals surface area contributed by atoms with Crippen molar-refractivity contribution in [1.82, 2.24) is 4.90 Å². The Kier molecular flexibility index (Phi) is 4.96. The second-order valence-electron chi connectivity index (χ2n) is 4.64. The van der Waals surface area contributed by atoms with E-state index >= 15 is 0 Å².